The van der Waals surface area contributed by atoms with Crippen molar-refractivity contribution in [2.75, 3.05) is 4.90 Å². The van der Waals surface area contributed by atoms with Crippen molar-refractivity contribution in [3.63, 3.8) is 0 Å². The zero-order valence-corrected chi connectivity index (χ0v) is 10.9. The molecule has 0 spiro atoms. The summed E-state index contributed by atoms with van der Waals surface area (Å²) in [6.07, 6.45) is 0. The number of benzene rings is 2. The Hall–Kier alpha value is -2.36. The van der Waals surface area contributed by atoms with E-state index >= 15 is 0 Å². The molecule has 98 valence electrons. The summed E-state index contributed by atoms with van der Waals surface area (Å²) in [5, 5.41) is 0. The van der Waals surface area contributed by atoms with Crippen LogP contribution < -0.4 is 10.6 Å². The van der Waals surface area contributed by atoms with E-state index < -0.39 is 6.03 Å². The lowest BCUT2D eigenvalue weighted by atomic mass is 10.1. The second-order valence-corrected chi connectivity index (χ2v) is 4.39. The molecule has 2 N–H and O–H groups in total. The number of anilines is 2. The van der Waals surface area contributed by atoms with Gasteiger partial charge in [0.1, 0.15) is 5.82 Å². The van der Waals surface area contributed by atoms with Crippen LogP contribution in [0.25, 0.3) is 0 Å². The second-order valence-electron chi connectivity index (χ2n) is 4.39. The van der Waals surface area contributed by atoms with Gasteiger partial charge in [0.25, 0.3) is 0 Å². The summed E-state index contributed by atoms with van der Waals surface area (Å²) in [6, 6.07) is 11.3. The maximum atomic E-state index is 13.6. The van der Waals surface area contributed by atoms with Crippen molar-refractivity contribution in [2.24, 2.45) is 5.73 Å². The monoisotopic (exact) mass is 258 g/mol. The molecule has 0 bridgehead atoms. The molecule has 0 radical (unpaired) electrons. The highest BCUT2D eigenvalue weighted by Gasteiger charge is 2.18. The van der Waals surface area contributed by atoms with Gasteiger partial charge in [0.2, 0.25) is 0 Å². The van der Waals surface area contributed by atoms with Crippen molar-refractivity contribution in [3.8, 4) is 0 Å². The Morgan fingerprint density at radius 3 is 2.32 bits per heavy atom. The molecule has 0 aliphatic carbocycles. The largest absolute Gasteiger partial charge is 0.351 e. The smallest absolute Gasteiger partial charge is 0.323 e. The van der Waals surface area contributed by atoms with E-state index in [1.54, 1.807) is 31.2 Å². The number of rotatable bonds is 2. The van der Waals surface area contributed by atoms with Crippen LogP contribution in [-0.4, -0.2) is 6.03 Å². The van der Waals surface area contributed by atoms with Gasteiger partial charge in [-0.2, -0.15) is 0 Å². The van der Waals surface area contributed by atoms with Crippen LogP contribution in [0.15, 0.2) is 42.5 Å². The normalized spacial score (nSPS) is 10.3. The van der Waals surface area contributed by atoms with Gasteiger partial charge in [0.15, 0.2) is 0 Å². The van der Waals surface area contributed by atoms with Crippen LogP contribution >= 0.6 is 0 Å². The number of halogens is 1. The molecule has 0 saturated carbocycles. The van der Waals surface area contributed by atoms with Crippen LogP contribution in [0.4, 0.5) is 20.6 Å². The van der Waals surface area contributed by atoms with E-state index in [2.05, 4.69) is 0 Å². The van der Waals surface area contributed by atoms with E-state index in [-0.39, 0.29) is 5.82 Å². The van der Waals surface area contributed by atoms with Crippen molar-refractivity contribution in [2.45, 2.75) is 13.8 Å². The zero-order valence-electron chi connectivity index (χ0n) is 10.9. The molecular weight excluding hydrogens is 243 g/mol. The number of amides is 2. The molecule has 2 rings (SSSR count). The van der Waals surface area contributed by atoms with E-state index in [9.17, 15) is 9.18 Å². The van der Waals surface area contributed by atoms with Gasteiger partial charge >= 0.3 is 6.03 Å². The van der Waals surface area contributed by atoms with Gasteiger partial charge in [-0.25, -0.2) is 9.18 Å². The van der Waals surface area contributed by atoms with Gasteiger partial charge < -0.3 is 5.73 Å². The highest BCUT2D eigenvalue weighted by atomic mass is 19.1. The van der Waals surface area contributed by atoms with Crippen LogP contribution in [0.3, 0.4) is 0 Å². The first kappa shape index (κ1) is 13.1. The Labute approximate surface area is 111 Å². The number of urea groups is 1. The van der Waals surface area contributed by atoms with E-state index in [4.69, 9.17) is 5.73 Å². The van der Waals surface area contributed by atoms with E-state index in [0.717, 1.165) is 5.56 Å². The lowest BCUT2D eigenvalue weighted by molar-refractivity contribution is 0.256. The lowest BCUT2D eigenvalue weighted by Crippen LogP contribution is -2.32. The SMILES string of the molecule is Cc1ccc(N(C(N)=O)c2cccc(F)c2C)cc1. The first-order valence-electron chi connectivity index (χ1n) is 5.92. The molecular formula is C15H15FN2O. The summed E-state index contributed by atoms with van der Waals surface area (Å²) in [5.74, 6) is -0.365. The van der Waals surface area contributed by atoms with Crippen LogP contribution in [-0.2, 0) is 0 Å². The molecule has 0 atom stereocenters. The molecule has 3 nitrogen and oxygen atoms in total. The number of nitrogens with zero attached hydrogens (tertiary/aromatic N) is 1. The quantitative estimate of drug-likeness (QED) is 0.877. The van der Waals surface area contributed by atoms with Crippen molar-refractivity contribution in [1.29, 1.82) is 0 Å². The number of nitrogens with two attached hydrogens (primary N) is 1. The van der Waals surface area contributed by atoms with Gasteiger partial charge in [0.05, 0.1) is 11.4 Å². The van der Waals surface area contributed by atoms with Crippen molar-refractivity contribution >= 4 is 17.4 Å². The Kier molecular flexibility index (Phi) is 3.51. The van der Waals surface area contributed by atoms with Crippen LogP contribution in [0.2, 0.25) is 0 Å². The minimum absolute atomic E-state index is 0.365. The summed E-state index contributed by atoms with van der Waals surface area (Å²) in [5.41, 5.74) is 7.96. The molecule has 0 aliphatic rings. The van der Waals surface area contributed by atoms with Gasteiger partial charge in [-0.05, 0) is 38.1 Å². The molecule has 0 aliphatic heterocycles. The molecule has 0 fully saturated rings. The third-order valence-electron chi connectivity index (χ3n) is 2.99. The number of carbonyl (C=O) groups excluding carboxylic acids is 1. The van der Waals surface area contributed by atoms with Gasteiger partial charge in [-0.15, -0.1) is 0 Å². The van der Waals surface area contributed by atoms with Crippen molar-refractivity contribution in [3.05, 3.63) is 59.4 Å². The fraction of sp³-hybridized carbons (Fsp3) is 0.133. The molecule has 0 saturated heterocycles. The standard InChI is InChI=1S/C15H15FN2O/c1-10-6-8-12(9-7-10)18(15(17)19)14-5-3-4-13(16)11(14)2/h3-9H,1-2H3,(H2,17,19). The van der Waals surface area contributed by atoms with E-state index in [1.165, 1.54) is 11.0 Å². The fourth-order valence-corrected chi connectivity index (χ4v) is 1.92. The summed E-state index contributed by atoms with van der Waals surface area (Å²) in [4.78, 5) is 13.0. The Morgan fingerprint density at radius 2 is 1.74 bits per heavy atom. The predicted molar refractivity (Wildman–Crippen MR) is 74.0 cm³/mol. The minimum atomic E-state index is -0.641. The van der Waals surface area contributed by atoms with Crippen molar-refractivity contribution < 1.29 is 9.18 Å². The zero-order chi connectivity index (χ0) is 14.0. The van der Waals surface area contributed by atoms with Gasteiger partial charge in [-0.1, -0.05) is 23.8 Å². The summed E-state index contributed by atoms with van der Waals surface area (Å²) in [6.45, 7) is 3.57. The summed E-state index contributed by atoms with van der Waals surface area (Å²) >= 11 is 0. The highest BCUT2D eigenvalue weighted by Crippen LogP contribution is 2.29. The van der Waals surface area contributed by atoms with E-state index in [1.807, 2.05) is 19.1 Å². The Balaban J connectivity index is 2.55. The first-order chi connectivity index (χ1) is 9.00. The Bertz CT molecular complexity index is 608. The van der Waals surface area contributed by atoms with Gasteiger partial charge in [0, 0.05) is 5.56 Å². The number of primary amides is 1. The fourth-order valence-electron chi connectivity index (χ4n) is 1.92. The van der Waals surface area contributed by atoms with Crippen molar-refractivity contribution in [1.82, 2.24) is 0 Å². The van der Waals surface area contributed by atoms with Crippen LogP contribution in [0.5, 0.6) is 0 Å². The minimum Gasteiger partial charge on any atom is -0.351 e. The van der Waals surface area contributed by atoms with Crippen LogP contribution in [0.1, 0.15) is 11.1 Å². The van der Waals surface area contributed by atoms with Crippen LogP contribution in [0, 0.1) is 19.7 Å². The molecule has 19 heavy (non-hydrogen) atoms. The molecule has 2 amide bonds. The third kappa shape index (κ3) is 2.57. The molecule has 2 aromatic carbocycles. The molecule has 0 aromatic heterocycles. The second kappa shape index (κ2) is 5.10. The predicted octanol–water partition coefficient (Wildman–Crippen LogP) is 3.66. The number of hydrogen-bond acceptors (Lipinski definition) is 1. The lowest BCUT2D eigenvalue weighted by Gasteiger charge is -2.22. The number of aryl methyl sites for hydroxylation is 1. The topological polar surface area (TPSA) is 46.3 Å². The van der Waals surface area contributed by atoms with Gasteiger partial charge in [-0.3, -0.25) is 4.90 Å². The highest BCUT2D eigenvalue weighted by molar-refractivity contribution is 5.99. The maximum Gasteiger partial charge on any atom is 0.323 e. The number of hydrogen-bond donors (Lipinski definition) is 1. The first-order valence-corrected chi connectivity index (χ1v) is 5.92. The number of carbonyl (C=O) groups is 1. The molecule has 0 unspecified atom stereocenters. The third-order valence-corrected chi connectivity index (χ3v) is 2.99. The maximum absolute atomic E-state index is 13.6. The Morgan fingerprint density at radius 1 is 1.11 bits per heavy atom. The molecule has 4 heteroatoms. The summed E-state index contributed by atoms with van der Waals surface area (Å²) < 4.78 is 13.6. The van der Waals surface area contributed by atoms with E-state index in [0.29, 0.717) is 16.9 Å². The molecule has 2 aromatic rings. The average molecular weight is 258 g/mol. The molecule has 0 heterocycles. The average Bonchev–Trinajstić information content (AvgIpc) is 2.37. The summed E-state index contributed by atoms with van der Waals surface area (Å²) in [7, 11) is 0.